The first-order valence-electron chi connectivity index (χ1n) is 12.9. The summed E-state index contributed by atoms with van der Waals surface area (Å²) >= 11 is 0. The summed E-state index contributed by atoms with van der Waals surface area (Å²) in [5, 5.41) is 9.72. The summed E-state index contributed by atoms with van der Waals surface area (Å²) in [7, 11) is 0. The number of carbonyl (C=O) groups excluding carboxylic acids is 3. The van der Waals surface area contributed by atoms with E-state index in [1.54, 1.807) is 41.5 Å². The van der Waals surface area contributed by atoms with Crippen LogP contribution < -0.4 is 15.2 Å². The van der Waals surface area contributed by atoms with Gasteiger partial charge in [0.15, 0.2) is 11.5 Å². The fourth-order valence-corrected chi connectivity index (χ4v) is 3.41. The monoisotopic (exact) mass is 555 g/mol. The normalized spacial score (nSPS) is 14.9. The molecule has 0 aliphatic heterocycles. The maximum Gasteiger partial charge on any atom is 0.514 e. The molecule has 0 bridgehead atoms. The fraction of sp³-hybridized carbons (Fsp3) is 0.630. The molecule has 1 rings (SSSR count). The van der Waals surface area contributed by atoms with Crippen LogP contribution in [-0.4, -0.2) is 60.5 Å². The lowest BCUT2D eigenvalue weighted by Crippen LogP contribution is -2.42. The second-order valence-corrected chi connectivity index (χ2v) is 9.89. The number of aliphatic carboxylic acids is 1. The molecule has 220 valence electrons. The molecule has 5 atom stereocenters. The van der Waals surface area contributed by atoms with E-state index in [9.17, 15) is 24.3 Å². The Morgan fingerprint density at radius 2 is 1.36 bits per heavy atom. The molecule has 0 radical (unpaired) electrons. The van der Waals surface area contributed by atoms with Gasteiger partial charge in [0.2, 0.25) is 0 Å². The Kier molecular flexibility index (Phi) is 13.5. The smallest absolute Gasteiger partial charge is 0.480 e. The molecule has 4 unspecified atom stereocenters. The zero-order valence-electron chi connectivity index (χ0n) is 23.8. The van der Waals surface area contributed by atoms with Gasteiger partial charge in [0.25, 0.3) is 0 Å². The van der Waals surface area contributed by atoms with E-state index in [0.717, 1.165) is 6.42 Å². The van der Waals surface area contributed by atoms with Crippen LogP contribution in [0.25, 0.3) is 0 Å². The molecule has 0 spiro atoms. The van der Waals surface area contributed by atoms with E-state index in [2.05, 4.69) is 0 Å². The number of carboxylic acids is 1. The van der Waals surface area contributed by atoms with Gasteiger partial charge in [-0.2, -0.15) is 0 Å². The Labute approximate surface area is 229 Å². The maximum atomic E-state index is 12.3. The largest absolute Gasteiger partial charge is 0.514 e. The summed E-state index contributed by atoms with van der Waals surface area (Å²) in [5.41, 5.74) is 6.38. The molecular weight excluding hydrogens is 514 g/mol. The minimum atomic E-state index is -1.43. The Balaban J connectivity index is 3.36. The van der Waals surface area contributed by atoms with E-state index in [1.807, 2.05) is 13.8 Å². The van der Waals surface area contributed by atoms with Gasteiger partial charge >= 0.3 is 24.4 Å². The van der Waals surface area contributed by atoms with Gasteiger partial charge in [0.05, 0.1) is 18.8 Å². The minimum absolute atomic E-state index is 0.151. The van der Waals surface area contributed by atoms with Gasteiger partial charge in [-0.05, 0) is 58.2 Å². The topological polar surface area (TPSA) is 170 Å². The van der Waals surface area contributed by atoms with Crippen molar-refractivity contribution in [3.05, 3.63) is 23.8 Å². The predicted molar refractivity (Wildman–Crippen MR) is 140 cm³/mol. The van der Waals surface area contributed by atoms with Gasteiger partial charge in [0, 0.05) is 11.8 Å². The molecule has 0 aromatic heterocycles. The lowest BCUT2D eigenvalue weighted by atomic mass is 9.79. The quantitative estimate of drug-likeness (QED) is 0.184. The molecular formula is C27H41NO11. The number of hydrogen-bond acceptors (Lipinski definition) is 11. The second kappa shape index (κ2) is 15.8. The van der Waals surface area contributed by atoms with Gasteiger partial charge in [0.1, 0.15) is 12.1 Å². The van der Waals surface area contributed by atoms with Crippen LogP contribution in [0, 0.1) is 11.8 Å². The Morgan fingerprint density at radius 3 is 1.85 bits per heavy atom. The van der Waals surface area contributed by atoms with Crippen molar-refractivity contribution in [3.63, 3.8) is 0 Å². The fourth-order valence-electron chi connectivity index (χ4n) is 3.41. The van der Waals surface area contributed by atoms with Crippen molar-refractivity contribution < 1.29 is 52.7 Å². The number of nitrogens with two attached hydrogens (primary N) is 1. The molecule has 0 fully saturated rings. The first-order chi connectivity index (χ1) is 18.2. The highest BCUT2D eigenvalue weighted by Gasteiger charge is 2.36. The van der Waals surface area contributed by atoms with Crippen LogP contribution in [0.5, 0.6) is 11.5 Å². The van der Waals surface area contributed by atoms with Crippen LogP contribution in [0.3, 0.4) is 0 Å². The molecule has 12 nitrogen and oxygen atoms in total. The van der Waals surface area contributed by atoms with Crippen molar-refractivity contribution >= 4 is 24.4 Å². The van der Waals surface area contributed by atoms with E-state index >= 15 is 0 Å². The van der Waals surface area contributed by atoms with Crippen molar-refractivity contribution in [1.82, 2.24) is 0 Å². The summed E-state index contributed by atoms with van der Waals surface area (Å²) in [6, 6.07) is 2.67. The van der Waals surface area contributed by atoms with Gasteiger partial charge < -0.3 is 39.3 Å². The summed E-state index contributed by atoms with van der Waals surface area (Å²) in [6.07, 6.45) is -3.95. The average Bonchev–Trinajstić information content (AvgIpc) is 2.82. The van der Waals surface area contributed by atoms with Crippen molar-refractivity contribution in [3.8, 4) is 11.5 Å². The zero-order valence-corrected chi connectivity index (χ0v) is 23.8. The van der Waals surface area contributed by atoms with Crippen molar-refractivity contribution in [2.24, 2.45) is 17.6 Å². The predicted octanol–water partition coefficient (Wildman–Crippen LogP) is 5.25. The summed E-state index contributed by atoms with van der Waals surface area (Å²) in [5.74, 6) is -3.12. The minimum Gasteiger partial charge on any atom is -0.480 e. The molecule has 3 N–H and O–H groups in total. The number of benzene rings is 1. The third-order valence-corrected chi connectivity index (χ3v) is 5.85. The van der Waals surface area contributed by atoms with Crippen LogP contribution >= 0.6 is 0 Å². The molecule has 0 heterocycles. The summed E-state index contributed by atoms with van der Waals surface area (Å²) in [4.78, 5) is 48.5. The highest BCUT2D eigenvalue weighted by atomic mass is 16.8. The highest BCUT2D eigenvalue weighted by molar-refractivity contribution is 5.75. The van der Waals surface area contributed by atoms with Gasteiger partial charge in [-0.15, -0.1) is 0 Å². The molecule has 0 saturated heterocycles. The Hall–Kier alpha value is -3.54. The third kappa shape index (κ3) is 11.4. The van der Waals surface area contributed by atoms with Crippen LogP contribution in [-0.2, 0) is 23.7 Å². The molecule has 12 heteroatoms. The lowest BCUT2D eigenvalue weighted by Gasteiger charge is -2.31. The van der Waals surface area contributed by atoms with Crippen LogP contribution in [0.1, 0.15) is 73.3 Å². The SMILES string of the molecule is CCC(C)COC(=O)OC(C)C(C)C(c1ccc(OC(=O)OC(C)C)c(OC(=O)OC(C)C)c1)[C@H](N)C(=O)O. The zero-order chi connectivity index (χ0) is 29.9. The van der Waals surface area contributed by atoms with Crippen LogP contribution in [0.2, 0.25) is 0 Å². The number of rotatable bonds is 13. The van der Waals surface area contributed by atoms with E-state index in [0.29, 0.717) is 5.56 Å². The van der Waals surface area contributed by atoms with E-state index in [4.69, 9.17) is 34.2 Å². The summed E-state index contributed by atoms with van der Waals surface area (Å²) < 4.78 is 31.0. The van der Waals surface area contributed by atoms with Gasteiger partial charge in [-0.3, -0.25) is 4.79 Å². The second-order valence-electron chi connectivity index (χ2n) is 9.89. The molecule has 0 amide bonds. The molecule has 0 aliphatic carbocycles. The summed E-state index contributed by atoms with van der Waals surface area (Å²) in [6.45, 7) is 13.8. The third-order valence-electron chi connectivity index (χ3n) is 5.85. The highest BCUT2D eigenvalue weighted by Crippen LogP contribution is 2.37. The van der Waals surface area contributed by atoms with Gasteiger partial charge in [-0.1, -0.05) is 33.3 Å². The van der Waals surface area contributed by atoms with Crippen molar-refractivity contribution in [2.45, 2.75) is 92.1 Å². The number of hydrogen-bond donors (Lipinski definition) is 2. The van der Waals surface area contributed by atoms with E-state index in [1.165, 1.54) is 18.2 Å². The lowest BCUT2D eigenvalue weighted by molar-refractivity contribution is -0.139. The van der Waals surface area contributed by atoms with Crippen LogP contribution in [0.15, 0.2) is 18.2 Å². The maximum absolute atomic E-state index is 12.3. The number of ether oxygens (including phenoxy) is 6. The molecule has 39 heavy (non-hydrogen) atoms. The Bertz CT molecular complexity index is 978. The number of carboxylic acid groups (broad SMARTS) is 1. The molecule has 0 saturated carbocycles. The van der Waals surface area contributed by atoms with E-state index in [-0.39, 0.29) is 24.0 Å². The van der Waals surface area contributed by atoms with E-state index < -0.39 is 60.6 Å². The average molecular weight is 556 g/mol. The van der Waals surface area contributed by atoms with Crippen LogP contribution in [0.4, 0.5) is 14.4 Å². The number of carbonyl (C=O) groups is 4. The molecule has 1 aromatic carbocycles. The van der Waals surface area contributed by atoms with Gasteiger partial charge in [-0.25, -0.2) is 14.4 Å². The molecule has 1 aromatic rings. The molecule has 0 aliphatic rings. The van der Waals surface area contributed by atoms with Crippen molar-refractivity contribution in [1.29, 1.82) is 0 Å². The van der Waals surface area contributed by atoms with Crippen molar-refractivity contribution in [2.75, 3.05) is 6.61 Å². The Morgan fingerprint density at radius 1 is 0.821 bits per heavy atom. The first kappa shape index (κ1) is 33.5. The standard InChI is InChI=1S/C27H41NO11/c1-9-16(6)13-34-25(31)37-18(8)17(7)22(23(28)24(29)30)19-10-11-20(38-26(32)35-14(2)3)21(12-19)39-27(33)36-15(4)5/h10-12,14-18,22-23H,9,13,28H2,1-8H3,(H,29,30)/t16?,17?,18?,22?,23-/m0/s1. The first-order valence-corrected chi connectivity index (χ1v) is 12.9.